The molecule has 2 bridgehead atoms. The van der Waals surface area contributed by atoms with Gasteiger partial charge in [-0.2, -0.15) is 0 Å². The Balaban J connectivity index is 1.94. The quantitative estimate of drug-likeness (QED) is 0.792. The van der Waals surface area contributed by atoms with Crippen LogP contribution in [0.25, 0.3) is 0 Å². The van der Waals surface area contributed by atoms with Crippen LogP contribution < -0.4 is 5.73 Å². The highest BCUT2D eigenvalue weighted by molar-refractivity contribution is 5.68. The number of alkyl halides is 1. The Hall–Kier alpha value is -0.640. The van der Waals surface area contributed by atoms with Crippen LogP contribution in [0.2, 0.25) is 0 Å². The summed E-state index contributed by atoms with van der Waals surface area (Å²) < 4.78 is 14.6. The van der Waals surface area contributed by atoms with Gasteiger partial charge in [-0.25, -0.2) is 4.39 Å². The molecule has 96 valence electrons. The van der Waals surface area contributed by atoms with Gasteiger partial charge in [-0.15, -0.1) is 0 Å². The van der Waals surface area contributed by atoms with E-state index in [2.05, 4.69) is 0 Å². The lowest BCUT2D eigenvalue weighted by atomic mass is 9.43. The normalized spacial score (nSPS) is 55.5. The highest BCUT2D eigenvalue weighted by atomic mass is 19.1. The van der Waals surface area contributed by atoms with Crippen molar-refractivity contribution in [3.05, 3.63) is 0 Å². The monoisotopic (exact) mass is 241 g/mol. The van der Waals surface area contributed by atoms with Gasteiger partial charge in [0.05, 0.1) is 6.42 Å². The molecule has 3 aliphatic rings. The number of carboxylic acid groups (broad SMARTS) is 1. The van der Waals surface area contributed by atoms with Crippen molar-refractivity contribution in [2.24, 2.45) is 34.8 Å². The van der Waals surface area contributed by atoms with Gasteiger partial charge < -0.3 is 10.8 Å². The van der Waals surface area contributed by atoms with Crippen LogP contribution in [0.4, 0.5) is 4.39 Å². The minimum atomic E-state index is -1.08. The second-order valence-corrected chi connectivity index (χ2v) is 6.41. The van der Waals surface area contributed by atoms with Gasteiger partial charge in [0.1, 0.15) is 5.67 Å². The molecule has 0 aliphatic heterocycles. The Morgan fingerprint density at radius 1 is 1.47 bits per heavy atom. The van der Waals surface area contributed by atoms with Gasteiger partial charge in [0.15, 0.2) is 0 Å². The zero-order valence-electron chi connectivity index (χ0n) is 10.2. The molecule has 3 rings (SSSR count). The lowest BCUT2D eigenvalue weighted by Crippen LogP contribution is -2.64. The minimum Gasteiger partial charge on any atom is -0.481 e. The second-order valence-electron chi connectivity index (χ2n) is 6.41. The summed E-state index contributed by atoms with van der Waals surface area (Å²) in [5, 5.41) is 9.07. The maximum absolute atomic E-state index is 14.6. The van der Waals surface area contributed by atoms with Crippen molar-refractivity contribution >= 4 is 5.97 Å². The summed E-state index contributed by atoms with van der Waals surface area (Å²) in [6, 6.07) is 0. The molecule has 3 N–H and O–H groups in total. The van der Waals surface area contributed by atoms with E-state index in [9.17, 15) is 9.18 Å². The fourth-order valence-corrected chi connectivity index (χ4v) is 5.30. The molecule has 17 heavy (non-hydrogen) atoms. The molecule has 0 aromatic carbocycles. The standard InChI is InChI=1S/C13H20FNO2/c1-12(14)7-2-3-8-11(12)9(4-7)13(8,6-15)5-10(16)17/h7-9,11H,2-6,15H2,1H3,(H,16,17)/t7-,8-,9+,11+,12?,13+/m0/s1. The van der Waals surface area contributed by atoms with E-state index in [-0.39, 0.29) is 35.5 Å². The minimum absolute atomic E-state index is 0.0733. The van der Waals surface area contributed by atoms with Gasteiger partial charge >= 0.3 is 5.97 Å². The molecule has 6 atom stereocenters. The molecule has 3 nitrogen and oxygen atoms in total. The van der Waals surface area contributed by atoms with Gasteiger partial charge in [0.2, 0.25) is 0 Å². The molecule has 0 saturated heterocycles. The molecule has 0 aromatic heterocycles. The fourth-order valence-electron chi connectivity index (χ4n) is 5.30. The molecule has 3 saturated carbocycles. The van der Waals surface area contributed by atoms with Crippen molar-refractivity contribution in [1.29, 1.82) is 0 Å². The molecule has 3 aliphatic carbocycles. The topological polar surface area (TPSA) is 63.3 Å². The number of halogens is 1. The van der Waals surface area contributed by atoms with E-state index in [1.54, 1.807) is 6.92 Å². The van der Waals surface area contributed by atoms with E-state index in [1.165, 1.54) is 0 Å². The summed E-state index contributed by atoms with van der Waals surface area (Å²) in [7, 11) is 0. The summed E-state index contributed by atoms with van der Waals surface area (Å²) in [4.78, 5) is 11.0. The maximum Gasteiger partial charge on any atom is 0.303 e. The molecule has 0 spiro atoms. The first-order chi connectivity index (χ1) is 7.93. The van der Waals surface area contributed by atoms with E-state index < -0.39 is 11.6 Å². The molecule has 0 amide bonds. The van der Waals surface area contributed by atoms with Crippen LogP contribution in [0.15, 0.2) is 0 Å². The van der Waals surface area contributed by atoms with E-state index >= 15 is 0 Å². The number of hydrogen-bond donors (Lipinski definition) is 2. The van der Waals surface area contributed by atoms with Crippen LogP contribution in [0, 0.1) is 29.1 Å². The van der Waals surface area contributed by atoms with E-state index in [1.807, 2.05) is 0 Å². The molecule has 0 heterocycles. The Labute approximate surface area is 101 Å². The number of carboxylic acids is 1. The number of hydrogen-bond acceptors (Lipinski definition) is 2. The first kappa shape index (κ1) is 11.5. The molecular formula is C13H20FNO2. The van der Waals surface area contributed by atoms with Crippen LogP contribution in [-0.2, 0) is 4.79 Å². The number of fused-ring (bicyclic) bond motifs is 1. The first-order valence-corrected chi connectivity index (χ1v) is 6.54. The number of carbonyl (C=O) groups is 1. The predicted molar refractivity (Wildman–Crippen MR) is 61.1 cm³/mol. The number of rotatable bonds is 3. The molecule has 1 unspecified atom stereocenters. The van der Waals surface area contributed by atoms with Crippen LogP contribution >= 0.6 is 0 Å². The third kappa shape index (κ3) is 1.17. The van der Waals surface area contributed by atoms with Crippen molar-refractivity contribution in [1.82, 2.24) is 0 Å². The second kappa shape index (κ2) is 3.22. The summed E-state index contributed by atoms with van der Waals surface area (Å²) in [6.07, 6.45) is 2.85. The number of nitrogens with two attached hydrogens (primary N) is 1. The molecule has 0 radical (unpaired) electrons. The third-order valence-corrected chi connectivity index (χ3v) is 6.02. The Kier molecular flexibility index (Phi) is 2.17. The first-order valence-electron chi connectivity index (χ1n) is 6.54. The maximum atomic E-state index is 14.6. The molecule has 0 aromatic rings. The van der Waals surface area contributed by atoms with Crippen LogP contribution in [0.3, 0.4) is 0 Å². The molecular weight excluding hydrogens is 221 g/mol. The third-order valence-electron chi connectivity index (χ3n) is 6.02. The Morgan fingerprint density at radius 3 is 2.76 bits per heavy atom. The summed E-state index contributed by atoms with van der Waals surface area (Å²) >= 11 is 0. The highest BCUT2D eigenvalue weighted by Gasteiger charge is 2.73. The fraction of sp³-hybridized carbons (Fsp3) is 0.923. The lowest BCUT2D eigenvalue weighted by Gasteiger charge is -2.62. The Morgan fingerprint density at radius 2 is 2.18 bits per heavy atom. The zero-order valence-corrected chi connectivity index (χ0v) is 10.2. The molecule has 4 heteroatoms. The van der Waals surface area contributed by atoms with Crippen molar-refractivity contribution in [3.63, 3.8) is 0 Å². The van der Waals surface area contributed by atoms with Crippen LogP contribution in [0.5, 0.6) is 0 Å². The van der Waals surface area contributed by atoms with Gasteiger partial charge in [-0.3, -0.25) is 4.79 Å². The van der Waals surface area contributed by atoms with Crippen molar-refractivity contribution in [2.75, 3.05) is 6.54 Å². The summed E-state index contributed by atoms with van der Waals surface area (Å²) in [6.45, 7) is 2.11. The van der Waals surface area contributed by atoms with Crippen LogP contribution in [0.1, 0.15) is 32.6 Å². The van der Waals surface area contributed by atoms with E-state index in [0.717, 1.165) is 19.3 Å². The van der Waals surface area contributed by atoms with Gasteiger partial charge in [-0.1, -0.05) is 0 Å². The zero-order chi connectivity index (χ0) is 12.4. The van der Waals surface area contributed by atoms with E-state index in [4.69, 9.17) is 10.8 Å². The average Bonchev–Trinajstić information content (AvgIpc) is 2.46. The number of aliphatic carboxylic acids is 1. The van der Waals surface area contributed by atoms with E-state index in [0.29, 0.717) is 6.54 Å². The highest BCUT2D eigenvalue weighted by Crippen LogP contribution is 2.74. The van der Waals surface area contributed by atoms with Crippen molar-refractivity contribution < 1.29 is 14.3 Å². The smallest absolute Gasteiger partial charge is 0.303 e. The average molecular weight is 241 g/mol. The lowest BCUT2D eigenvalue weighted by molar-refractivity contribution is -0.178. The Bertz CT molecular complexity index is 362. The van der Waals surface area contributed by atoms with Crippen molar-refractivity contribution in [3.8, 4) is 0 Å². The summed E-state index contributed by atoms with van der Waals surface area (Å²) in [5.74, 6) is -0.177. The largest absolute Gasteiger partial charge is 0.481 e. The predicted octanol–water partition coefficient (Wildman–Crippen LogP) is 1.81. The SMILES string of the molecule is CC1(F)[C@H]2CC[C@H]3[C@@H]1[C@@H](C2)[C@@]3(CN)CC(=O)O. The van der Waals surface area contributed by atoms with Gasteiger partial charge in [-0.05, 0) is 61.8 Å². The molecule has 3 fully saturated rings. The van der Waals surface area contributed by atoms with Gasteiger partial charge in [0.25, 0.3) is 0 Å². The summed E-state index contributed by atoms with van der Waals surface area (Å²) in [5.41, 5.74) is 4.47. The van der Waals surface area contributed by atoms with Crippen molar-refractivity contribution in [2.45, 2.75) is 38.3 Å². The van der Waals surface area contributed by atoms with Gasteiger partial charge in [0, 0.05) is 0 Å². The van der Waals surface area contributed by atoms with Crippen LogP contribution in [-0.4, -0.2) is 23.3 Å².